The van der Waals surface area contributed by atoms with Crippen LogP contribution in [0, 0.1) is 0 Å². The van der Waals surface area contributed by atoms with E-state index in [4.69, 9.17) is 13.9 Å². The molecule has 4 rings (SSSR count). The van der Waals surface area contributed by atoms with Gasteiger partial charge in [0.25, 0.3) is 5.91 Å². The number of aryl methyl sites for hydroxylation is 2. The van der Waals surface area contributed by atoms with Gasteiger partial charge in [0.1, 0.15) is 5.58 Å². The molecule has 29 heavy (non-hydrogen) atoms. The molecule has 150 valence electrons. The molecule has 3 aromatic rings. The molecular weight excluding hydrogens is 372 g/mol. The minimum atomic E-state index is -0.450. The van der Waals surface area contributed by atoms with Crippen LogP contribution in [0.15, 0.2) is 41.0 Å². The van der Waals surface area contributed by atoms with E-state index < -0.39 is 5.91 Å². The molecule has 0 spiro atoms. The zero-order valence-corrected chi connectivity index (χ0v) is 16.3. The van der Waals surface area contributed by atoms with Gasteiger partial charge < -0.3 is 13.9 Å². The highest BCUT2D eigenvalue weighted by atomic mass is 16.5. The van der Waals surface area contributed by atoms with Gasteiger partial charge in [0.2, 0.25) is 5.91 Å². The number of fused-ring (bicyclic) bond motifs is 2. The van der Waals surface area contributed by atoms with E-state index in [0.29, 0.717) is 17.1 Å². The summed E-state index contributed by atoms with van der Waals surface area (Å²) in [4.78, 5) is 24.7. The molecule has 0 radical (unpaired) electrons. The number of nitrogens with one attached hydrogen (secondary N) is 2. The topological polar surface area (TPSA) is 89.8 Å². The van der Waals surface area contributed by atoms with E-state index >= 15 is 0 Å². The second-order valence-corrected chi connectivity index (χ2v) is 6.98. The summed E-state index contributed by atoms with van der Waals surface area (Å²) in [5.41, 5.74) is 9.45. The Morgan fingerprint density at radius 3 is 2.52 bits per heavy atom. The monoisotopic (exact) mass is 394 g/mol. The zero-order chi connectivity index (χ0) is 20.4. The fourth-order valence-corrected chi connectivity index (χ4v) is 3.68. The predicted molar refractivity (Wildman–Crippen MR) is 107 cm³/mol. The number of carbonyl (C=O) groups excluding carboxylic acids is 2. The molecule has 1 heterocycles. The highest BCUT2D eigenvalue weighted by Gasteiger charge is 2.17. The molecule has 0 saturated heterocycles. The molecule has 7 nitrogen and oxygen atoms in total. The van der Waals surface area contributed by atoms with Crippen LogP contribution in [0.1, 0.15) is 33.5 Å². The summed E-state index contributed by atoms with van der Waals surface area (Å²) in [6.07, 6.45) is 5.00. The fourth-order valence-electron chi connectivity index (χ4n) is 3.68. The lowest BCUT2D eigenvalue weighted by molar-refractivity contribution is -0.121. The van der Waals surface area contributed by atoms with Crippen molar-refractivity contribution in [2.24, 2.45) is 0 Å². The van der Waals surface area contributed by atoms with Crippen LogP contribution in [0.3, 0.4) is 0 Å². The number of hydrogen-bond donors (Lipinski definition) is 2. The second kappa shape index (κ2) is 7.87. The molecule has 0 bridgehead atoms. The average molecular weight is 394 g/mol. The van der Waals surface area contributed by atoms with Gasteiger partial charge in [0.05, 0.1) is 26.9 Å². The number of rotatable bonds is 5. The molecule has 1 aliphatic carbocycles. The van der Waals surface area contributed by atoms with Gasteiger partial charge in [-0.2, -0.15) is 0 Å². The van der Waals surface area contributed by atoms with Crippen LogP contribution >= 0.6 is 0 Å². The Labute approximate surface area is 167 Å². The van der Waals surface area contributed by atoms with Crippen molar-refractivity contribution in [2.75, 3.05) is 14.2 Å². The molecule has 7 heteroatoms. The molecular formula is C22H22N2O5. The number of hydrogen-bond acceptors (Lipinski definition) is 5. The van der Waals surface area contributed by atoms with E-state index in [1.165, 1.54) is 25.3 Å². The van der Waals surface area contributed by atoms with Crippen molar-refractivity contribution in [1.29, 1.82) is 0 Å². The van der Waals surface area contributed by atoms with Crippen molar-refractivity contribution in [1.82, 2.24) is 10.9 Å². The number of ether oxygens (including phenoxy) is 2. The third kappa shape index (κ3) is 3.76. The van der Waals surface area contributed by atoms with Gasteiger partial charge in [0.15, 0.2) is 11.5 Å². The summed E-state index contributed by atoms with van der Waals surface area (Å²) >= 11 is 0. The molecule has 2 aromatic carbocycles. The van der Waals surface area contributed by atoms with Crippen molar-refractivity contribution in [2.45, 2.75) is 25.7 Å². The number of furan rings is 1. The normalized spacial score (nSPS) is 12.5. The van der Waals surface area contributed by atoms with Gasteiger partial charge in [-0.3, -0.25) is 20.4 Å². The van der Waals surface area contributed by atoms with Gasteiger partial charge in [-0.1, -0.05) is 0 Å². The fraction of sp³-hybridized carbons (Fsp3) is 0.273. The van der Waals surface area contributed by atoms with E-state index in [-0.39, 0.29) is 12.3 Å². The third-order valence-electron chi connectivity index (χ3n) is 5.18. The first kappa shape index (κ1) is 18.9. The molecule has 1 aliphatic rings. The van der Waals surface area contributed by atoms with Crippen molar-refractivity contribution in [3.63, 3.8) is 0 Å². The van der Waals surface area contributed by atoms with Gasteiger partial charge >= 0.3 is 0 Å². The number of methoxy groups -OCH3 is 2. The van der Waals surface area contributed by atoms with Crippen molar-refractivity contribution in [3.05, 3.63) is 58.8 Å². The maximum atomic E-state index is 12.3. The first-order valence-electron chi connectivity index (χ1n) is 9.42. The number of hydrazine groups is 1. The number of carbonyl (C=O) groups is 2. The van der Waals surface area contributed by atoms with Gasteiger partial charge in [-0.05, 0) is 60.7 Å². The Morgan fingerprint density at radius 1 is 1.00 bits per heavy atom. The molecule has 0 saturated carbocycles. The van der Waals surface area contributed by atoms with Crippen LogP contribution in [0.5, 0.6) is 11.5 Å². The SMILES string of the molecule is COc1ccc(C(=O)NNC(=O)Cc2coc3cc4c(cc23)CCC4)cc1OC. The van der Waals surface area contributed by atoms with Gasteiger partial charge in [-0.25, -0.2) is 0 Å². The lowest BCUT2D eigenvalue weighted by Gasteiger charge is -2.10. The Balaban J connectivity index is 1.40. The third-order valence-corrected chi connectivity index (χ3v) is 5.18. The van der Waals surface area contributed by atoms with Crippen LogP contribution in [0.25, 0.3) is 11.0 Å². The van der Waals surface area contributed by atoms with Crippen molar-refractivity contribution in [3.8, 4) is 11.5 Å². The molecule has 2 N–H and O–H groups in total. The maximum Gasteiger partial charge on any atom is 0.269 e. The summed E-state index contributed by atoms with van der Waals surface area (Å²) in [5, 5.41) is 0.951. The Bertz CT molecular complexity index is 1090. The van der Waals surface area contributed by atoms with Crippen molar-refractivity contribution < 1.29 is 23.5 Å². The molecule has 0 fully saturated rings. The van der Waals surface area contributed by atoms with E-state index in [0.717, 1.165) is 35.8 Å². The Morgan fingerprint density at radius 2 is 1.76 bits per heavy atom. The van der Waals surface area contributed by atoms with E-state index in [1.807, 2.05) is 0 Å². The first-order valence-corrected chi connectivity index (χ1v) is 9.42. The quantitative estimate of drug-likeness (QED) is 0.650. The van der Waals surface area contributed by atoms with Crippen LogP contribution < -0.4 is 20.3 Å². The van der Waals surface area contributed by atoms with Crippen molar-refractivity contribution >= 4 is 22.8 Å². The Kier molecular flexibility index (Phi) is 5.12. The van der Waals surface area contributed by atoms with Crippen LogP contribution in [-0.4, -0.2) is 26.0 Å². The molecule has 2 amide bonds. The summed E-state index contributed by atoms with van der Waals surface area (Å²) < 4.78 is 16.0. The minimum Gasteiger partial charge on any atom is -0.493 e. The summed E-state index contributed by atoms with van der Waals surface area (Å²) in [5.74, 6) is 0.173. The largest absolute Gasteiger partial charge is 0.493 e. The van der Waals surface area contributed by atoms with Gasteiger partial charge in [-0.15, -0.1) is 0 Å². The first-order chi connectivity index (χ1) is 14.1. The zero-order valence-electron chi connectivity index (χ0n) is 16.3. The predicted octanol–water partition coefficient (Wildman–Crippen LogP) is 2.94. The molecule has 0 unspecified atom stereocenters. The van der Waals surface area contributed by atoms with E-state index in [2.05, 4.69) is 23.0 Å². The lowest BCUT2D eigenvalue weighted by Crippen LogP contribution is -2.42. The van der Waals surface area contributed by atoms with Crippen LogP contribution in [0.4, 0.5) is 0 Å². The molecule has 0 atom stereocenters. The Hall–Kier alpha value is -3.48. The smallest absolute Gasteiger partial charge is 0.269 e. The summed E-state index contributed by atoms with van der Waals surface area (Å²) in [6, 6.07) is 8.95. The number of benzene rings is 2. The van der Waals surface area contributed by atoms with Crippen LogP contribution in [0.2, 0.25) is 0 Å². The minimum absolute atomic E-state index is 0.109. The second-order valence-electron chi connectivity index (χ2n) is 6.98. The number of amides is 2. The standard InChI is InChI=1S/C22H22N2O5/c1-27-18-7-6-15(10-20(18)28-2)22(26)24-23-21(25)11-16-12-29-19-9-14-5-3-4-13(14)8-17(16)19/h6-10,12H,3-5,11H2,1-2H3,(H,23,25)(H,24,26). The molecule has 0 aliphatic heterocycles. The van der Waals surface area contributed by atoms with E-state index in [9.17, 15) is 9.59 Å². The highest BCUT2D eigenvalue weighted by molar-refractivity contribution is 5.96. The highest BCUT2D eigenvalue weighted by Crippen LogP contribution is 2.30. The lowest BCUT2D eigenvalue weighted by atomic mass is 10.0. The summed E-state index contributed by atoms with van der Waals surface area (Å²) in [7, 11) is 3.01. The van der Waals surface area contributed by atoms with Crippen LogP contribution in [-0.2, 0) is 24.1 Å². The average Bonchev–Trinajstić information content (AvgIpc) is 3.36. The summed E-state index contributed by atoms with van der Waals surface area (Å²) in [6.45, 7) is 0. The van der Waals surface area contributed by atoms with Gasteiger partial charge in [0, 0.05) is 16.5 Å². The van der Waals surface area contributed by atoms with E-state index in [1.54, 1.807) is 24.5 Å². The molecule has 1 aromatic heterocycles. The maximum absolute atomic E-state index is 12.3.